The third-order valence-corrected chi connectivity index (χ3v) is 4.78. The molecule has 1 spiro atoms. The van der Waals surface area contributed by atoms with Crippen LogP contribution in [0, 0.1) is 17.7 Å². The van der Waals surface area contributed by atoms with Crippen molar-refractivity contribution < 1.29 is 23.8 Å². The molecule has 0 unspecified atom stereocenters. The van der Waals surface area contributed by atoms with Crippen molar-refractivity contribution in [2.45, 2.75) is 18.2 Å². The zero-order valence-corrected chi connectivity index (χ0v) is 11.6. The fourth-order valence-corrected chi connectivity index (χ4v) is 3.83. The number of carbonyl (C=O) groups is 2. The van der Waals surface area contributed by atoms with Crippen LogP contribution in [-0.4, -0.2) is 40.1 Å². The predicted molar refractivity (Wildman–Crippen MR) is 73.2 cm³/mol. The van der Waals surface area contributed by atoms with E-state index in [1.54, 1.807) is 30.4 Å². The molecule has 1 aromatic rings. The van der Waals surface area contributed by atoms with Crippen LogP contribution in [0.15, 0.2) is 36.4 Å². The van der Waals surface area contributed by atoms with Gasteiger partial charge in [-0.25, -0.2) is 4.39 Å². The van der Waals surface area contributed by atoms with E-state index in [0.717, 1.165) is 0 Å². The molecule has 1 amide bonds. The summed E-state index contributed by atoms with van der Waals surface area (Å²) in [4.78, 5) is 25.6. The Kier molecular flexibility index (Phi) is 2.69. The Hall–Kier alpha value is -2.21. The van der Waals surface area contributed by atoms with Crippen molar-refractivity contribution in [3.05, 3.63) is 47.8 Å². The zero-order valence-electron chi connectivity index (χ0n) is 11.6. The van der Waals surface area contributed by atoms with Crippen molar-refractivity contribution in [2.75, 3.05) is 6.54 Å². The van der Waals surface area contributed by atoms with Gasteiger partial charge >= 0.3 is 5.97 Å². The number of fused-ring (bicyclic) bond motifs is 1. The van der Waals surface area contributed by atoms with Crippen LogP contribution in [0.25, 0.3) is 0 Å². The second-order valence-electron chi connectivity index (χ2n) is 6.02. The molecule has 1 N–H and O–H groups in total. The van der Waals surface area contributed by atoms with Gasteiger partial charge in [-0.2, -0.15) is 0 Å². The number of likely N-dealkylation sites (tertiary alicyclic amines) is 1. The average Bonchev–Trinajstić information content (AvgIpc) is 3.10. The number of amides is 1. The Morgan fingerprint density at radius 3 is 2.95 bits per heavy atom. The van der Waals surface area contributed by atoms with Crippen LogP contribution in [0.2, 0.25) is 0 Å². The van der Waals surface area contributed by atoms with Crippen LogP contribution < -0.4 is 0 Å². The van der Waals surface area contributed by atoms with E-state index in [-0.39, 0.29) is 24.8 Å². The molecule has 3 heterocycles. The first-order chi connectivity index (χ1) is 10.5. The van der Waals surface area contributed by atoms with Gasteiger partial charge in [-0.15, -0.1) is 0 Å². The molecule has 114 valence electrons. The van der Waals surface area contributed by atoms with Crippen molar-refractivity contribution in [1.82, 2.24) is 4.90 Å². The summed E-state index contributed by atoms with van der Waals surface area (Å²) in [5.74, 6) is -3.25. The summed E-state index contributed by atoms with van der Waals surface area (Å²) < 4.78 is 19.6. The van der Waals surface area contributed by atoms with Gasteiger partial charge in [0, 0.05) is 12.1 Å². The Labute approximate surface area is 126 Å². The summed E-state index contributed by atoms with van der Waals surface area (Å²) >= 11 is 0. The average molecular weight is 303 g/mol. The second-order valence-corrected chi connectivity index (χ2v) is 6.02. The van der Waals surface area contributed by atoms with Gasteiger partial charge in [0.15, 0.2) is 0 Å². The van der Waals surface area contributed by atoms with E-state index in [4.69, 9.17) is 4.74 Å². The van der Waals surface area contributed by atoms with Crippen molar-refractivity contribution >= 4 is 11.9 Å². The van der Waals surface area contributed by atoms with Gasteiger partial charge in [-0.05, 0) is 6.07 Å². The van der Waals surface area contributed by atoms with Gasteiger partial charge in [0.25, 0.3) is 0 Å². The first-order valence-corrected chi connectivity index (χ1v) is 7.14. The minimum absolute atomic E-state index is 0.123. The topological polar surface area (TPSA) is 66.8 Å². The second kappa shape index (κ2) is 4.39. The first-order valence-electron chi connectivity index (χ1n) is 7.14. The molecule has 0 aromatic heterocycles. The molecule has 0 saturated carbocycles. The molecule has 0 radical (unpaired) electrons. The molecule has 3 aliphatic heterocycles. The Balaban J connectivity index is 1.64. The summed E-state index contributed by atoms with van der Waals surface area (Å²) in [5.41, 5.74) is -0.451. The minimum Gasteiger partial charge on any atom is -0.481 e. The lowest BCUT2D eigenvalue weighted by Gasteiger charge is -2.21. The molecule has 6 heteroatoms. The number of aliphatic carboxylic acids is 1. The fraction of sp³-hybridized carbons (Fsp3) is 0.375. The molecule has 3 aliphatic rings. The first kappa shape index (κ1) is 13.5. The standard InChI is InChI=1S/C16H14FNO4/c17-10-4-2-1-3-9(10)7-18-8-16-6-5-11(22-16)12(15(20)21)13(16)14(18)19/h1-6,11-13H,7-8H2,(H,20,21)/t11-,12+,13-,16+/m1/s1. The normalized spacial score (nSPS) is 35.2. The van der Waals surface area contributed by atoms with E-state index >= 15 is 0 Å². The number of carboxylic acid groups (broad SMARTS) is 1. The monoisotopic (exact) mass is 303 g/mol. The van der Waals surface area contributed by atoms with Gasteiger partial charge in [0.1, 0.15) is 17.3 Å². The van der Waals surface area contributed by atoms with Gasteiger partial charge in [0.05, 0.1) is 18.6 Å². The van der Waals surface area contributed by atoms with Gasteiger partial charge in [0.2, 0.25) is 5.91 Å². The molecular weight excluding hydrogens is 289 g/mol. The number of hydrogen-bond donors (Lipinski definition) is 1. The number of carbonyl (C=O) groups excluding carboxylic acids is 1. The number of benzene rings is 1. The number of carboxylic acids is 1. The molecule has 2 saturated heterocycles. The highest BCUT2D eigenvalue weighted by Gasteiger charge is 2.66. The Morgan fingerprint density at radius 2 is 2.23 bits per heavy atom. The van der Waals surface area contributed by atoms with Crippen LogP contribution in [0.5, 0.6) is 0 Å². The van der Waals surface area contributed by atoms with E-state index in [9.17, 15) is 19.1 Å². The number of rotatable bonds is 3. The van der Waals surface area contributed by atoms with E-state index in [0.29, 0.717) is 5.56 Å². The molecule has 5 nitrogen and oxygen atoms in total. The third-order valence-electron chi connectivity index (χ3n) is 4.78. The summed E-state index contributed by atoms with van der Waals surface area (Å²) in [7, 11) is 0. The largest absolute Gasteiger partial charge is 0.481 e. The number of halogens is 1. The van der Waals surface area contributed by atoms with Crippen LogP contribution >= 0.6 is 0 Å². The van der Waals surface area contributed by atoms with Crippen molar-refractivity contribution in [1.29, 1.82) is 0 Å². The lowest BCUT2D eigenvalue weighted by atomic mass is 9.77. The Bertz CT molecular complexity index is 703. The highest BCUT2D eigenvalue weighted by Crippen LogP contribution is 2.52. The maximum Gasteiger partial charge on any atom is 0.310 e. The SMILES string of the molecule is O=C(O)[C@H]1[C@H]2C=C[C@@]3(CN(Cc4ccccc4F)C(=O)[C@@H]13)O2. The van der Waals surface area contributed by atoms with E-state index in [2.05, 4.69) is 0 Å². The highest BCUT2D eigenvalue weighted by molar-refractivity contribution is 5.90. The predicted octanol–water partition coefficient (Wildman–Crippen LogP) is 1.19. The summed E-state index contributed by atoms with van der Waals surface area (Å²) in [5, 5.41) is 9.37. The van der Waals surface area contributed by atoms with Crippen LogP contribution in [0.4, 0.5) is 4.39 Å². The van der Waals surface area contributed by atoms with Crippen molar-refractivity contribution in [2.24, 2.45) is 11.8 Å². The maximum atomic E-state index is 13.8. The molecule has 0 aliphatic carbocycles. The van der Waals surface area contributed by atoms with Crippen molar-refractivity contribution in [3.8, 4) is 0 Å². The molecule has 4 atom stereocenters. The molecule has 1 aromatic carbocycles. The summed E-state index contributed by atoms with van der Waals surface area (Å²) in [6, 6.07) is 6.26. The van der Waals surface area contributed by atoms with Gasteiger partial charge < -0.3 is 14.7 Å². The molecular formula is C16H14FNO4. The van der Waals surface area contributed by atoms with Gasteiger partial charge in [-0.1, -0.05) is 30.4 Å². The summed E-state index contributed by atoms with van der Waals surface area (Å²) in [6.45, 7) is 0.388. The molecule has 2 fully saturated rings. The van der Waals surface area contributed by atoms with Crippen LogP contribution in [0.3, 0.4) is 0 Å². The molecule has 22 heavy (non-hydrogen) atoms. The summed E-state index contributed by atoms with van der Waals surface area (Å²) in [6.07, 6.45) is 2.97. The highest BCUT2D eigenvalue weighted by atomic mass is 19.1. The fourth-order valence-electron chi connectivity index (χ4n) is 3.83. The lowest BCUT2D eigenvalue weighted by Crippen LogP contribution is -2.39. The maximum absolute atomic E-state index is 13.8. The zero-order chi connectivity index (χ0) is 15.5. The smallest absolute Gasteiger partial charge is 0.310 e. The van der Waals surface area contributed by atoms with E-state index in [1.807, 2.05) is 0 Å². The molecule has 4 rings (SSSR count). The minimum atomic E-state index is -1.03. The molecule has 2 bridgehead atoms. The van der Waals surface area contributed by atoms with Crippen LogP contribution in [0.1, 0.15) is 5.56 Å². The number of hydrogen-bond acceptors (Lipinski definition) is 3. The van der Waals surface area contributed by atoms with Gasteiger partial charge in [-0.3, -0.25) is 9.59 Å². The lowest BCUT2D eigenvalue weighted by molar-refractivity contribution is -0.148. The third kappa shape index (κ3) is 1.67. The quantitative estimate of drug-likeness (QED) is 0.852. The van der Waals surface area contributed by atoms with Crippen LogP contribution in [-0.2, 0) is 20.9 Å². The van der Waals surface area contributed by atoms with E-state index in [1.165, 1.54) is 11.0 Å². The van der Waals surface area contributed by atoms with Crippen molar-refractivity contribution in [3.63, 3.8) is 0 Å². The number of ether oxygens (including phenoxy) is 1. The Morgan fingerprint density at radius 1 is 1.45 bits per heavy atom. The number of nitrogens with zero attached hydrogens (tertiary/aromatic N) is 1. The van der Waals surface area contributed by atoms with E-state index < -0.39 is 29.5 Å².